The van der Waals surface area contributed by atoms with Crippen LogP contribution in [0.5, 0.6) is 0 Å². The Labute approximate surface area is 180 Å². The van der Waals surface area contributed by atoms with E-state index >= 15 is 0 Å². The van der Waals surface area contributed by atoms with Gasteiger partial charge in [0.05, 0.1) is 5.69 Å². The maximum absolute atomic E-state index is 10.5. The number of fused-ring (bicyclic) bond motifs is 1. The molecular formula is C19H26IN5OS. The summed E-state index contributed by atoms with van der Waals surface area (Å²) >= 11 is 1.62. The number of halogens is 1. The predicted octanol–water partition coefficient (Wildman–Crippen LogP) is 3.27. The zero-order valence-electron chi connectivity index (χ0n) is 16.0. The van der Waals surface area contributed by atoms with Crippen molar-refractivity contribution >= 4 is 51.4 Å². The predicted molar refractivity (Wildman–Crippen MR) is 123 cm³/mol. The second kappa shape index (κ2) is 9.52. The number of aryl methyl sites for hydroxylation is 2. The topological polar surface area (TPSA) is 74.5 Å². The highest BCUT2D eigenvalue weighted by Gasteiger charge is 2.13. The van der Waals surface area contributed by atoms with Crippen molar-refractivity contribution in [3.63, 3.8) is 0 Å². The van der Waals surface area contributed by atoms with Crippen LogP contribution in [0.1, 0.15) is 27.9 Å². The Hall–Kier alpha value is -1.65. The van der Waals surface area contributed by atoms with Gasteiger partial charge in [0.1, 0.15) is 6.10 Å². The zero-order valence-corrected chi connectivity index (χ0v) is 19.1. The molecule has 3 rings (SSSR count). The smallest absolute Gasteiger partial charge is 0.191 e. The Morgan fingerprint density at radius 1 is 1.30 bits per heavy atom. The molecule has 0 aliphatic rings. The molecule has 1 unspecified atom stereocenters. The van der Waals surface area contributed by atoms with Crippen molar-refractivity contribution in [2.45, 2.75) is 26.5 Å². The Morgan fingerprint density at radius 2 is 2.04 bits per heavy atom. The lowest BCUT2D eigenvalue weighted by atomic mass is 10.2. The molecule has 2 heterocycles. The summed E-state index contributed by atoms with van der Waals surface area (Å²) < 4.78 is 3.07. The molecule has 0 bridgehead atoms. The molecule has 3 N–H and O–H groups in total. The number of aliphatic imine (C=N–C) groups is 1. The number of aromatic nitrogens is 2. The Morgan fingerprint density at radius 3 is 2.67 bits per heavy atom. The fourth-order valence-electron chi connectivity index (χ4n) is 2.93. The number of nitrogens with zero attached hydrogens (tertiary/aromatic N) is 3. The van der Waals surface area contributed by atoms with Crippen LogP contribution in [0.3, 0.4) is 0 Å². The molecule has 0 amide bonds. The normalized spacial score (nSPS) is 12.7. The third-order valence-electron chi connectivity index (χ3n) is 4.55. The first-order chi connectivity index (χ1) is 12.5. The molecule has 2 aromatic heterocycles. The van der Waals surface area contributed by atoms with E-state index < -0.39 is 6.10 Å². The minimum atomic E-state index is -0.576. The van der Waals surface area contributed by atoms with E-state index in [1.165, 1.54) is 10.3 Å². The van der Waals surface area contributed by atoms with Gasteiger partial charge in [-0.1, -0.05) is 18.2 Å². The summed E-state index contributed by atoms with van der Waals surface area (Å²) in [6.45, 7) is 5.10. The van der Waals surface area contributed by atoms with Gasteiger partial charge < -0.3 is 15.7 Å². The van der Waals surface area contributed by atoms with E-state index in [4.69, 9.17) is 0 Å². The fraction of sp³-hybridized carbons (Fsp3) is 0.368. The van der Waals surface area contributed by atoms with E-state index in [2.05, 4.69) is 39.8 Å². The lowest BCUT2D eigenvalue weighted by Gasteiger charge is -2.14. The molecule has 1 aromatic carbocycles. The number of aliphatic hydroxyl groups excluding tert-OH is 1. The molecule has 0 aliphatic heterocycles. The second-order valence-corrected chi connectivity index (χ2v) is 7.40. The molecule has 0 spiro atoms. The molecule has 0 saturated heterocycles. The van der Waals surface area contributed by atoms with Crippen molar-refractivity contribution < 1.29 is 5.11 Å². The molecule has 27 heavy (non-hydrogen) atoms. The van der Waals surface area contributed by atoms with Gasteiger partial charge in [-0.3, -0.25) is 9.67 Å². The molecule has 6 nitrogen and oxygen atoms in total. The van der Waals surface area contributed by atoms with E-state index in [-0.39, 0.29) is 24.0 Å². The highest BCUT2D eigenvalue weighted by atomic mass is 127. The van der Waals surface area contributed by atoms with Crippen LogP contribution in [-0.2, 0) is 13.6 Å². The Kier molecular flexibility index (Phi) is 7.63. The van der Waals surface area contributed by atoms with Crippen molar-refractivity contribution in [1.29, 1.82) is 0 Å². The summed E-state index contributed by atoms with van der Waals surface area (Å²) in [5.74, 6) is 0.660. The average molecular weight is 499 g/mol. The minimum Gasteiger partial charge on any atom is -0.386 e. The Balaban J connectivity index is 0.00000261. The number of hydrogen-bond donors (Lipinski definition) is 3. The van der Waals surface area contributed by atoms with Crippen molar-refractivity contribution in [3.05, 3.63) is 52.2 Å². The van der Waals surface area contributed by atoms with Gasteiger partial charge in [0, 0.05) is 48.0 Å². The summed E-state index contributed by atoms with van der Waals surface area (Å²) in [5.41, 5.74) is 3.31. The van der Waals surface area contributed by atoms with E-state index in [0.717, 1.165) is 21.7 Å². The first-order valence-electron chi connectivity index (χ1n) is 8.59. The quantitative estimate of drug-likeness (QED) is 0.286. The summed E-state index contributed by atoms with van der Waals surface area (Å²) in [5, 5.41) is 22.6. The molecule has 3 aromatic rings. The number of guanidine groups is 1. The van der Waals surface area contributed by atoms with Crippen LogP contribution in [0.15, 0.2) is 35.3 Å². The second-order valence-electron chi connectivity index (χ2n) is 6.28. The van der Waals surface area contributed by atoms with Gasteiger partial charge in [-0.25, -0.2) is 0 Å². The number of aliphatic hydroxyl groups is 1. The van der Waals surface area contributed by atoms with Gasteiger partial charge in [-0.05, 0) is 31.4 Å². The minimum absolute atomic E-state index is 0. The van der Waals surface area contributed by atoms with Crippen molar-refractivity contribution in [2.75, 3.05) is 13.6 Å². The number of hydrogen-bond acceptors (Lipinski definition) is 4. The molecule has 0 fully saturated rings. The van der Waals surface area contributed by atoms with E-state index in [9.17, 15) is 5.11 Å². The van der Waals surface area contributed by atoms with Gasteiger partial charge in [0.25, 0.3) is 0 Å². The first kappa shape index (κ1) is 21.6. The van der Waals surface area contributed by atoms with Crippen LogP contribution < -0.4 is 10.6 Å². The van der Waals surface area contributed by atoms with Crippen LogP contribution in [0.2, 0.25) is 0 Å². The van der Waals surface area contributed by atoms with Crippen LogP contribution in [-0.4, -0.2) is 34.4 Å². The average Bonchev–Trinajstić information content (AvgIpc) is 3.17. The number of thiophene rings is 1. The summed E-state index contributed by atoms with van der Waals surface area (Å²) in [6, 6.07) is 10.2. The highest BCUT2D eigenvalue weighted by molar-refractivity contribution is 14.0. The molecule has 0 saturated carbocycles. The van der Waals surface area contributed by atoms with Crippen molar-refractivity contribution in [3.8, 4) is 0 Å². The standard InChI is InChI=1S/C19H25N5OS.HI/c1-12-15(13(2)24(4)23-12)10-21-19(20-3)22-11-16(25)18-9-14-7-5-6-8-17(14)26-18;/h5-9,16,25H,10-11H2,1-4H3,(H2,20,21,22);1H. The number of rotatable bonds is 5. The molecule has 1 atom stereocenters. The van der Waals surface area contributed by atoms with E-state index in [0.29, 0.717) is 19.0 Å². The lowest BCUT2D eigenvalue weighted by Crippen LogP contribution is -2.39. The third-order valence-corrected chi connectivity index (χ3v) is 5.77. The highest BCUT2D eigenvalue weighted by Crippen LogP contribution is 2.29. The lowest BCUT2D eigenvalue weighted by molar-refractivity contribution is 0.184. The fourth-order valence-corrected chi connectivity index (χ4v) is 3.98. The molecule has 8 heteroatoms. The van der Waals surface area contributed by atoms with Gasteiger partial charge in [-0.2, -0.15) is 5.10 Å². The summed E-state index contributed by atoms with van der Waals surface area (Å²) in [7, 11) is 3.67. The molecule has 0 aliphatic carbocycles. The van der Waals surface area contributed by atoms with Gasteiger partial charge in [-0.15, -0.1) is 35.3 Å². The first-order valence-corrected chi connectivity index (χ1v) is 9.41. The van der Waals surface area contributed by atoms with Gasteiger partial charge >= 0.3 is 0 Å². The monoisotopic (exact) mass is 499 g/mol. The van der Waals surface area contributed by atoms with Crippen LogP contribution in [0.25, 0.3) is 10.1 Å². The molecule has 146 valence electrons. The third kappa shape index (κ3) is 4.99. The summed E-state index contributed by atoms with van der Waals surface area (Å²) in [6.07, 6.45) is -0.576. The number of nitrogens with one attached hydrogen (secondary N) is 2. The van der Waals surface area contributed by atoms with Crippen LogP contribution in [0, 0.1) is 13.8 Å². The van der Waals surface area contributed by atoms with Gasteiger partial charge in [0.15, 0.2) is 5.96 Å². The van der Waals surface area contributed by atoms with Crippen molar-refractivity contribution in [2.24, 2.45) is 12.0 Å². The Bertz CT molecular complexity index is 900. The van der Waals surface area contributed by atoms with Crippen LogP contribution >= 0.6 is 35.3 Å². The number of benzene rings is 1. The van der Waals surface area contributed by atoms with Gasteiger partial charge in [0.2, 0.25) is 0 Å². The molecule has 0 radical (unpaired) electrons. The maximum atomic E-state index is 10.5. The van der Waals surface area contributed by atoms with E-state index in [1.54, 1.807) is 18.4 Å². The molecular weight excluding hydrogens is 473 g/mol. The van der Waals surface area contributed by atoms with E-state index in [1.807, 2.05) is 36.9 Å². The van der Waals surface area contributed by atoms with Crippen LogP contribution in [0.4, 0.5) is 0 Å². The SMILES string of the molecule is CN=C(NCc1c(C)nn(C)c1C)NCC(O)c1cc2ccccc2s1.I. The van der Waals surface area contributed by atoms with Crippen molar-refractivity contribution in [1.82, 2.24) is 20.4 Å². The largest absolute Gasteiger partial charge is 0.386 e. The summed E-state index contributed by atoms with van der Waals surface area (Å²) in [4.78, 5) is 5.19. The maximum Gasteiger partial charge on any atom is 0.191 e. The zero-order chi connectivity index (χ0) is 18.7.